The summed E-state index contributed by atoms with van der Waals surface area (Å²) in [6.07, 6.45) is 1.04. The molecule has 1 saturated heterocycles. The van der Waals surface area contributed by atoms with Gasteiger partial charge in [-0.25, -0.2) is 4.98 Å². The number of benzene rings is 1. The smallest absolute Gasteiger partial charge is 0.252 e. The zero-order valence-corrected chi connectivity index (χ0v) is 14.0. The van der Waals surface area contributed by atoms with Crippen molar-refractivity contribution in [3.05, 3.63) is 35.9 Å². The molecule has 2 heterocycles. The van der Waals surface area contributed by atoms with Crippen LogP contribution in [0.15, 0.2) is 30.3 Å². The Labute approximate surface area is 141 Å². The maximum absolute atomic E-state index is 12.6. The topological polar surface area (TPSA) is 63.7 Å². The van der Waals surface area contributed by atoms with Gasteiger partial charge in [-0.1, -0.05) is 18.2 Å². The summed E-state index contributed by atoms with van der Waals surface area (Å²) in [6, 6.07) is 9.29. The molecule has 0 aliphatic carbocycles. The quantitative estimate of drug-likeness (QED) is 0.904. The summed E-state index contributed by atoms with van der Waals surface area (Å²) in [4.78, 5) is 19.3. The van der Waals surface area contributed by atoms with E-state index in [2.05, 4.69) is 15.2 Å². The normalized spacial score (nSPS) is 15.9. The van der Waals surface area contributed by atoms with Crippen LogP contribution in [-0.2, 0) is 4.74 Å². The van der Waals surface area contributed by atoms with Gasteiger partial charge in [-0.05, 0) is 12.5 Å². The van der Waals surface area contributed by atoms with Crippen LogP contribution in [0.3, 0.4) is 0 Å². The van der Waals surface area contributed by atoms with E-state index >= 15 is 0 Å². The first-order valence-electron chi connectivity index (χ1n) is 8.30. The number of carbonyl (C=O) groups is 1. The summed E-state index contributed by atoms with van der Waals surface area (Å²) in [5.41, 5.74) is 1.35. The van der Waals surface area contributed by atoms with Gasteiger partial charge >= 0.3 is 0 Å². The molecule has 0 unspecified atom stereocenters. The summed E-state index contributed by atoms with van der Waals surface area (Å²) >= 11 is 0. The van der Waals surface area contributed by atoms with Gasteiger partial charge in [-0.15, -0.1) is 0 Å². The number of ether oxygens (including phenoxy) is 2. The number of nitrogens with zero attached hydrogens (tertiary/aromatic N) is 2. The molecule has 1 amide bonds. The van der Waals surface area contributed by atoms with E-state index in [9.17, 15) is 4.79 Å². The maximum atomic E-state index is 12.6. The Morgan fingerprint density at radius 3 is 3.08 bits per heavy atom. The third kappa shape index (κ3) is 4.01. The van der Waals surface area contributed by atoms with Gasteiger partial charge in [0.2, 0.25) is 5.88 Å². The Bertz CT molecular complexity index is 697. The lowest BCUT2D eigenvalue weighted by molar-refractivity contribution is 0.0948. The molecule has 0 atom stereocenters. The van der Waals surface area contributed by atoms with Gasteiger partial charge in [0.05, 0.1) is 24.8 Å². The van der Waals surface area contributed by atoms with Crippen molar-refractivity contribution in [2.24, 2.45) is 0 Å². The van der Waals surface area contributed by atoms with Crippen molar-refractivity contribution in [1.29, 1.82) is 0 Å². The lowest BCUT2D eigenvalue weighted by Gasteiger charge is -2.19. The van der Waals surface area contributed by atoms with Gasteiger partial charge in [0.1, 0.15) is 0 Å². The number of pyridine rings is 1. The summed E-state index contributed by atoms with van der Waals surface area (Å²) in [5.74, 6) is 0.349. The third-order valence-electron chi connectivity index (χ3n) is 4.17. The minimum atomic E-state index is -0.0991. The van der Waals surface area contributed by atoms with Gasteiger partial charge in [-0.3, -0.25) is 9.69 Å². The van der Waals surface area contributed by atoms with Crippen molar-refractivity contribution in [3.8, 4) is 5.88 Å². The van der Waals surface area contributed by atoms with Crippen LogP contribution in [0.4, 0.5) is 0 Å². The molecule has 1 aromatic heterocycles. The van der Waals surface area contributed by atoms with E-state index in [0.717, 1.165) is 50.2 Å². The molecule has 128 valence electrons. The van der Waals surface area contributed by atoms with E-state index in [1.165, 1.54) is 0 Å². The van der Waals surface area contributed by atoms with E-state index in [4.69, 9.17) is 9.47 Å². The third-order valence-corrected chi connectivity index (χ3v) is 4.17. The van der Waals surface area contributed by atoms with Crippen LogP contribution in [-0.4, -0.2) is 62.3 Å². The van der Waals surface area contributed by atoms with Gasteiger partial charge in [0.15, 0.2) is 0 Å². The van der Waals surface area contributed by atoms with Crippen molar-refractivity contribution in [1.82, 2.24) is 15.2 Å². The van der Waals surface area contributed by atoms with Gasteiger partial charge in [-0.2, -0.15) is 0 Å². The second-order valence-corrected chi connectivity index (χ2v) is 5.79. The highest BCUT2D eigenvalue weighted by molar-refractivity contribution is 6.06. The van der Waals surface area contributed by atoms with E-state index < -0.39 is 0 Å². The molecule has 2 aromatic rings. The van der Waals surface area contributed by atoms with Crippen molar-refractivity contribution >= 4 is 16.8 Å². The van der Waals surface area contributed by atoms with Crippen molar-refractivity contribution < 1.29 is 14.3 Å². The molecule has 1 aliphatic heterocycles. The molecule has 0 spiro atoms. The predicted molar refractivity (Wildman–Crippen MR) is 92.5 cm³/mol. The van der Waals surface area contributed by atoms with E-state index in [0.29, 0.717) is 18.0 Å². The molecule has 6 nitrogen and oxygen atoms in total. The van der Waals surface area contributed by atoms with E-state index in [-0.39, 0.29) is 5.91 Å². The van der Waals surface area contributed by atoms with E-state index in [1.54, 1.807) is 13.2 Å². The first kappa shape index (κ1) is 16.7. The fourth-order valence-corrected chi connectivity index (χ4v) is 2.89. The predicted octanol–water partition coefficient (Wildman–Crippen LogP) is 1.70. The van der Waals surface area contributed by atoms with E-state index in [1.807, 2.05) is 24.3 Å². The number of hydrogen-bond acceptors (Lipinski definition) is 5. The molecule has 0 bridgehead atoms. The summed E-state index contributed by atoms with van der Waals surface area (Å²) < 4.78 is 10.7. The number of hydrogen-bond donors (Lipinski definition) is 1. The molecular weight excluding hydrogens is 306 g/mol. The highest BCUT2D eigenvalue weighted by Gasteiger charge is 2.14. The largest absolute Gasteiger partial charge is 0.481 e. The number of carbonyl (C=O) groups excluding carboxylic acids is 1. The average Bonchev–Trinajstić information content (AvgIpc) is 2.89. The van der Waals surface area contributed by atoms with Crippen LogP contribution in [0.25, 0.3) is 10.9 Å². The average molecular weight is 329 g/mol. The number of nitrogens with one attached hydrogen (secondary N) is 1. The lowest BCUT2D eigenvalue weighted by atomic mass is 10.1. The minimum absolute atomic E-state index is 0.0991. The first-order chi connectivity index (χ1) is 11.8. The molecule has 1 aliphatic rings. The summed E-state index contributed by atoms with van der Waals surface area (Å²) in [5, 5.41) is 3.84. The molecular formula is C18H23N3O3. The zero-order valence-electron chi connectivity index (χ0n) is 14.0. The van der Waals surface area contributed by atoms with Crippen LogP contribution in [0.2, 0.25) is 0 Å². The highest BCUT2D eigenvalue weighted by Crippen LogP contribution is 2.21. The van der Waals surface area contributed by atoms with Crippen LogP contribution < -0.4 is 10.1 Å². The number of rotatable bonds is 5. The number of methoxy groups -OCH3 is 1. The molecule has 0 saturated carbocycles. The molecule has 24 heavy (non-hydrogen) atoms. The molecule has 6 heteroatoms. The van der Waals surface area contributed by atoms with Crippen LogP contribution in [0.5, 0.6) is 5.88 Å². The van der Waals surface area contributed by atoms with Gasteiger partial charge in [0, 0.05) is 44.2 Å². The number of para-hydroxylation sites is 1. The highest BCUT2D eigenvalue weighted by atomic mass is 16.5. The Morgan fingerprint density at radius 2 is 2.21 bits per heavy atom. The van der Waals surface area contributed by atoms with Crippen LogP contribution >= 0.6 is 0 Å². The summed E-state index contributed by atoms with van der Waals surface area (Å²) in [7, 11) is 1.56. The maximum Gasteiger partial charge on any atom is 0.252 e. The fourth-order valence-electron chi connectivity index (χ4n) is 2.89. The molecule has 1 fully saturated rings. The lowest BCUT2D eigenvalue weighted by Crippen LogP contribution is -2.36. The Morgan fingerprint density at radius 1 is 1.33 bits per heavy atom. The number of fused-ring (bicyclic) bond motifs is 1. The second kappa shape index (κ2) is 8.08. The monoisotopic (exact) mass is 329 g/mol. The zero-order chi connectivity index (χ0) is 16.8. The number of amides is 1. The Hall–Kier alpha value is -2.18. The van der Waals surface area contributed by atoms with Gasteiger partial charge in [0.25, 0.3) is 5.91 Å². The van der Waals surface area contributed by atoms with Crippen molar-refractivity contribution in [3.63, 3.8) is 0 Å². The standard InChI is InChI=1S/C18H23N3O3/c1-23-17-13-15(14-5-2-3-6-16(14)20-17)18(22)19-7-9-21-8-4-11-24-12-10-21/h2-3,5-6,13H,4,7-12H2,1H3,(H,19,22). The SMILES string of the molecule is COc1cc(C(=O)NCCN2CCCOCC2)c2ccccc2n1. The molecule has 1 aromatic carbocycles. The molecule has 1 N–H and O–H groups in total. The second-order valence-electron chi connectivity index (χ2n) is 5.79. The van der Waals surface area contributed by atoms with Crippen molar-refractivity contribution in [2.45, 2.75) is 6.42 Å². The summed E-state index contributed by atoms with van der Waals surface area (Å²) in [6.45, 7) is 4.96. The van der Waals surface area contributed by atoms with Gasteiger partial charge < -0.3 is 14.8 Å². The van der Waals surface area contributed by atoms with Crippen molar-refractivity contribution in [2.75, 3.05) is 46.5 Å². The fraction of sp³-hybridized carbons (Fsp3) is 0.444. The minimum Gasteiger partial charge on any atom is -0.481 e. The molecule has 3 rings (SSSR count). The molecule has 0 radical (unpaired) electrons. The van der Waals surface area contributed by atoms with Crippen LogP contribution in [0.1, 0.15) is 16.8 Å². The van der Waals surface area contributed by atoms with Crippen LogP contribution in [0, 0.1) is 0 Å². The Balaban J connectivity index is 1.67. The Kier molecular flexibility index (Phi) is 5.61. The number of aromatic nitrogens is 1. The first-order valence-corrected chi connectivity index (χ1v) is 8.30.